The van der Waals surface area contributed by atoms with Crippen molar-refractivity contribution < 1.29 is 9.53 Å². The van der Waals surface area contributed by atoms with Gasteiger partial charge in [-0.3, -0.25) is 4.79 Å². The number of amides is 1. The number of hydrogen-bond acceptors (Lipinski definition) is 3. The Labute approximate surface area is 131 Å². The Morgan fingerprint density at radius 2 is 2.09 bits per heavy atom. The lowest BCUT2D eigenvalue weighted by molar-refractivity contribution is -0.121. The Bertz CT molecular complexity index is 593. The number of nitrogens with one attached hydrogen (secondary N) is 1. The summed E-state index contributed by atoms with van der Waals surface area (Å²) >= 11 is 0. The average molecular weight is 301 g/mol. The van der Waals surface area contributed by atoms with Crippen LogP contribution in [0, 0.1) is 6.92 Å². The first-order valence-corrected chi connectivity index (χ1v) is 7.51. The van der Waals surface area contributed by atoms with E-state index in [0.29, 0.717) is 26.1 Å². The van der Waals surface area contributed by atoms with Crippen molar-refractivity contribution in [2.24, 2.45) is 0 Å². The van der Waals surface area contributed by atoms with Gasteiger partial charge in [0.15, 0.2) is 0 Å². The van der Waals surface area contributed by atoms with Crippen molar-refractivity contribution in [1.82, 2.24) is 14.9 Å². The van der Waals surface area contributed by atoms with Gasteiger partial charge < -0.3 is 14.6 Å². The van der Waals surface area contributed by atoms with E-state index in [2.05, 4.69) is 14.9 Å². The monoisotopic (exact) mass is 301 g/mol. The van der Waals surface area contributed by atoms with Gasteiger partial charge in [-0.15, -0.1) is 0 Å². The number of carbonyl (C=O) groups excluding carboxylic acids is 1. The fraction of sp³-hybridized carbons (Fsp3) is 0.412. The predicted octanol–water partition coefficient (Wildman–Crippen LogP) is 2.09. The molecule has 0 unspecified atom stereocenters. The quantitative estimate of drug-likeness (QED) is 0.812. The van der Waals surface area contributed by atoms with E-state index in [4.69, 9.17) is 4.74 Å². The molecule has 1 aromatic carbocycles. The summed E-state index contributed by atoms with van der Waals surface area (Å²) in [6.45, 7) is 3.79. The number of methoxy groups -OCH3 is 1. The fourth-order valence-electron chi connectivity index (χ4n) is 2.36. The second-order valence-corrected chi connectivity index (χ2v) is 5.24. The second kappa shape index (κ2) is 8.34. The number of carbonyl (C=O) groups is 1. The molecule has 1 heterocycles. The van der Waals surface area contributed by atoms with Gasteiger partial charge >= 0.3 is 0 Å². The summed E-state index contributed by atoms with van der Waals surface area (Å²) in [7, 11) is 1.65. The topological polar surface area (TPSA) is 56.1 Å². The summed E-state index contributed by atoms with van der Waals surface area (Å²) in [6, 6.07) is 10.0. The van der Waals surface area contributed by atoms with Gasteiger partial charge in [-0.25, -0.2) is 4.98 Å². The van der Waals surface area contributed by atoms with Gasteiger partial charge in [0.05, 0.1) is 0 Å². The van der Waals surface area contributed by atoms with Crippen molar-refractivity contribution in [3.63, 3.8) is 0 Å². The predicted molar refractivity (Wildman–Crippen MR) is 85.4 cm³/mol. The first kappa shape index (κ1) is 16.2. The van der Waals surface area contributed by atoms with Crippen LogP contribution in [0.4, 0.5) is 0 Å². The highest BCUT2D eigenvalue weighted by molar-refractivity contribution is 5.76. The third-order valence-corrected chi connectivity index (χ3v) is 3.55. The van der Waals surface area contributed by atoms with Gasteiger partial charge in [0, 0.05) is 38.5 Å². The zero-order chi connectivity index (χ0) is 15.8. The molecule has 0 fully saturated rings. The van der Waals surface area contributed by atoms with Crippen LogP contribution in [0.5, 0.6) is 0 Å². The van der Waals surface area contributed by atoms with Gasteiger partial charge in [0.2, 0.25) is 5.91 Å². The first-order chi connectivity index (χ1) is 10.7. The number of imidazole rings is 1. The molecule has 2 rings (SSSR count). The molecule has 1 N–H and O–H groups in total. The SMILES string of the molecule is COCc1ncc(C)n1CCNC(=O)CCc1ccccc1. The number of aromatic nitrogens is 2. The van der Waals surface area contributed by atoms with E-state index in [1.165, 1.54) is 5.56 Å². The molecule has 0 aliphatic carbocycles. The van der Waals surface area contributed by atoms with Crippen molar-refractivity contribution in [2.45, 2.75) is 32.9 Å². The van der Waals surface area contributed by atoms with Crippen molar-refractivity contribution in [1.29, 1.82) is 0 Å². The van der Waals surface area contributed by atoms with E-state index in [1.54, 1.807) is 7.11 Å². The van der Waals surface area contributed by atoms with Crippen molar-refractivity contribution in [2.75, 3.05) is 13.7 Å². The molecule has 118 valence electrons. The Kier molecular flexibility index (Phi) is 6.15. The van der Waals surface area contributed by atoms with Crippen LogP contribution in [0.15, 0.2) is 36.5 Å². The Morgan fingerprint density at radius 1 is 1.32 bits per heavy atom. The molecule has 0 spiro atoms. The number of ether oxygens (including phenoxy) is 1. The molecule has 0 saturated carbocycles. The minimum absolute atomic E-state index is 0.0786. The standard InChI is InChI=1S/C17H23N3O2/c1-14-12-19-16(13-22-2)20(14)11-10-18-17(21)9-8-15-6-4-3-5-7-15/h3-7,12H,8-11,13H2,1-2H3,(H,18,21). The van der Waals surface area contributed by atoms with Crippen LogP contribution < -0.4 is 5.32 Å². The highest BCUT2D eigenvalue weighted by Gasteiger charge is 2.07. The van der Waals surface area contributed by atoms with E-state index >= 15 is 0 Å². The summed E-state index contributed by atoms with van der Waals surface area (Å²) in [6.07, 6.45) is 3.11. The lowest BCUT2D eigenvalue weighted by Gasteiger charge is -2.11. The van der Waals surface area contributed by atoms with Gasteiger partial charge in [-0.2, -0.15) is 0 Å². The van der Waals surface area contributed by atoms with Gasteiger partial charge in [-0.1, -0.05) is 30.3 Å². The largest absolute Gasteiger partial charge is 0.377 e. The maximum atomic E-state index is 11.9. The third kappa shape index (κ3) is 4.70. The number of aryl methyl sites for hydroxylation is 2. The molecular weight excluding hydrogens is 278 g/mol. The Hall–Kier alpha value is -2.14. The third-order valence-electron chi connectivity index (χ3n) is 3.55. The highest BCUT2D eigenvalue weighted by atomic mass is 16.5. The zero-order valence-electron chi connectivity index (χ0n) is 13.2. The molecule has 1 amide bonds. The first-order valence-electron chi connectivity index (χ1n) is 7.51. The number of rotatable bonds is 8. The van der Waals surface area contributed by atoms with E-state index in [0.717, 1.165) is 17.9 Å². The molecule has 0 radical (unpaired) electrons. The highest BCUT2D eigenvalue weighted by Crippen LogP contribution is 2.05. The van der Waals surface area contributed by atoms with Crippen LogP contribution >= 0.6 is 0 Å². The van der Waals surface area contributed by atoms with Crippen molar-refractivity contribution >= 4 is 5.91 Å². The van der Waals surface area contributed by atoms with Crippen molar-refractivity contribution in [3.05, 3.63) is 53.6 Å². The minimum Gasteiger partial charge on any atom is -0.377 e. The molecule has 5 heteroatoms. The molecular formula is C17H23N3O2. The minimum atomic E-state index is 0.0786. The fourth-order valence-corrected chi connectivity index (χ4v) is 2.36. The summed E-state index contributed by atoms with van der Waals surface area (Å²) in [5, 5.41) is 2.96. The molecule has 22 heavy (non-hydrogen) atoms. The van der Waals surface area contributed by atoms with Crippen LogP contribution in [0.2, 0.25) is 0 Å². The van der Waals surface area contributed by atoms with Crippen LogP contribution in [0.1, 0.15) is 23.5 Å². The van der Waals surface area contributed by atoms with Gasteiger partial charge in [0.1, 0.15) is 12.4 Å². The molecule has 0 saturated heterocycles. The van der Waals surface area contributed by atoms with Crippen LogP contribution in [-0.4, -0.2) is 29.1 Å². The number of hydrogen-bond donors (Lipinski definition) is 1. The number of benzene rings is 1. The molecule has 5 nitrogen and oxygen atoms in total. The zero-order valence-corrected chi connectivity index (χ0v) is 13.2. The normalized spacial score (nSPS) is 10.6. The van der Waals surface area contributed by atoms with Gasteiger partial charge in [0.25, 0.3) is 0 Å². The van der Waals surface area contributed by atoms with E-state index in [1.807, 2.05) is 43.5 Å². The summed E-state index contributed by atoms with van der Waals surface area (Å²) in [5.74, 6) is 0.966. The van der Waals surface area contributed by atoms with Crippen LogP contribution in [0.25, 0.3) is 0 Å². The maximum absolute atomic E-state index is 11.9. The maximum Gasteiger partial charge on any atom is 0.220 e. The Morgan fingerprint density at radius 3 is 2.82 bits per heavy atom. The molecule has 0 bridgehead atoms. The summed E-state index contributed by atoms with van der Waals surface area (Å²) in [4.78, 5) is 16.2. The Balaban J connectivity index is 1.74. The van der Waals surface area contributed by atoms with E-state index in [-0.39, 0.29) is 5.91 Å². The second-order valence-electron chi connectivity index (χ2n) is 5.24. The van der Waals surface area contributed by atoms with E-state index in [9.17, 15) is 4.79 Å². The van der Waals surface area contributed by atoms with Crippen LogP contribution in [0.3, 0.4) is 0 Å². The number of nitrogens with zero attached hydrogens (tertiary/aromatic N) is 2. The van der Waals surface area contributed by atoms with Gasteiger partial charge in [-0.05, 0) is 18.9 Å². The van der Waals surface area contributed by atoms with Crippen molar-refractivity contribution in [3.8, 4) is 0 Å². The lowest BCUT2D eigenvalue weighted by atomic mass is 10.1. The summed E-state index contributed by atoms with van der Waals surface area (Å²) in [5.41, 5.74) is 2.26. The molecule has 0 atom stereocenters. The average Bonchev–Trinajstić information content (AvgIpc) is 2.87. The molecule has 0 aliphatic rings. The lowest BCUT2D eigenvalue weighted by Crippen LogP contribution is -2.28. The molecule has 0 aliphatic heterocycles. The summed E-state index contributed by atoms with van der Waals surface area (Å²) < 4.78 is 7.20. The van der Waals surface area contributed by atoms with Crippen LogP contribution in [-0.2, 0) is 29.1 Å². The smallest absolute Gasteiger partial charge is 0.220 e. The van der Waals surface area contributed by atoms with E-state index < -0.39 is 0 Å². The molecule has 1 aromatic heterocycles. The molecule has 2 aromatic rings.